The van der Waals surface area contributed by atoms with E-state index in [9.17, 15) is 0 Å². The Balaban J connectivity index is 2.07. The molecule has 0 aliphatic rings. The Kier molecular flexibility index (Phi) is 3.40. The molecular weight excluding hydrogens is 196 g/mol. The molecule has 0 spiro atoms. The van der Waals surface area contributed by atoms with Crippen LogP contribution in [0.2, 0.25) is 0 Å². The number of hydrogen-bond acceptors (Lipinski definition) is 1. The SMILES string of the molecule is CCc1cnn(C)c1CCc1ccccc1. The van der Waals surface area contributed by atoms with Crippen LogP contribution >= 0.6 is 0 Å². The third-order valence-electron chi connectivity index (χ3n) is 3.02. The number of benzene rings is 1. The zero-order valence-corrected chi connectivity index (χ0v) is 9.98. The van der Waals surface area contributed by atoms with E-state index in [4.69, 9.17) is 0 Å². The van der Waals surface area contributed by atoms with Crippen molar-refractivity contribution in [1.29, 1.82) is 0 Å². The number of aryl methyl sites for hydroxylation is 3. The number of hydrogen-bond donors (Lipinski definition) is 0. The third kappa shape index (κ3) is 2.32. The summed E-state index contributed by atoms with van der Waals surface area (Å²) >= 11 is 0. The normalized spacial score (nSPS) is 10.6. The van der Waals surface area contributed by atoms with E-state index < -0.39 is 0 Å². The second-order valence-electron chi connectivity index (χ2n) is 4.08. The van der Waals surface area contributed by atoms with Gasteiger partial charge in [-0.3, -0.25) is 4.68 Å². The van der Waals surface area contributed by atoms with Crippen LogP contribution in [-0.4, -0.2) is 9.78 Å². The van der Waals surface area contributed by atoms with Crippen molar-refractivity contribution in [1.82, 2.24) is 9.78 Å². The summed E-state index contributed by atoms with van der Waals surface area (Å²) in [4.78, 5) is 0. The minimum atomic E-state index is 1.07. The van der Waals surface area contributed by atoms with Crippen LogP contribution in [0.4, 0.5) is 0 Å². The minimum Gasteiger partial charge on any atom is -0.272 e. The van der Waals surface area contributed by atoms with Crippen LogP contribution in [0, 0.1) is 0 Å². The number of aromatic nitrogens is 2. The molecule has 0 fully saturated rings. The first-order valence-electron chi connectivity index (χ1n) is 5.85. The molecule has 0 aliphatic heterocycles. The molecule has 2 aromatic rings. The van der Waals surface area contributed by atoms with Crippen molar-refractivity contribution in [2.24, 2.45) is 7.05 Å². The summed E-state index contributed by atoms with van der Waals surface area (Å²) in [6.07, 6.45) is 5.22. The Labute approximate surface area is 96.9 Å². The first kappa shape index (κ1) is 10.9. The highest BCUT2D eigenvalue weighted by atomic mass is 15.3. The molecule has 0 saturated heterocycles. The highest BCUT2D eigenvalue weighted by molar-refractivity contribution is 5.21. The lowest BCUT2D eigenvalue weighted by Crippen LogP contribution is -2.02. The molecule has 84 valence electrons. The second-order valence-corrected chi connectivity index (χ2v) is 4.08. The van der Waals surface area contributed by atoms with Crippen molar-refractivity contribution in [3.8, 4) is 0 Å². The molecule has 0 amide bonds. The fourth-order valence-electron chi connectivity index (χ4n) is 2.03. The van der Waals surface area contributed by atoms with Crippen LogP contribution in [0.15, 0.2) is 36.5 Å². The Morgan fingerprint density at radius 2 is 1.88 bits per heavy atom. The van der Waals surface area contributed by atoms with E-state index in [1.165, 1.54) is 16.8 Å². The van der Waals surface area contributed by atoms with E-state index in [1.807, 2.05) is 17.9 Å². The molecule has 2 rings (SSSR count). The first-order valence-corrected chi connectivity index (χ1v) is 5.85. The summed E-state index contributed by atoms with van der Waals surface area (Å²) in [5.74, 6) is 0. The zero-order valence-electron chi connectivity index (χ0n) is 9.98. The molecule has 0 bridgehead atoms. The molecule has 1 aromatic carbocycles. The Bertz CT molecular complexity index is 443. The Morgan fingerprint density at radius 3 is 2.56 bits per heavy atom. The van der Waals surface area contributed by atoms with Gasteiger partial charge in [-0.05, 0) is 30.4 Å². The van der Waals surface area contributed by atoms with E-state index >= 15 is 0 Å². The van der Waals surface area contributed by atoms with E-state index in [2.05, 4.69) is 42.4 Å². The summed E-state index contributed by atoms with van der Waals surface area (Å²) < 4.78 is 2.00. The zero-order chi connectivity index (χ0) is 11.4. The van der Waals surface area contributed by atoms with Gasteiger partial charge in [0.1, 0.15) is 0 Å². The van der Waals surface area contributed by atoms with Gasteiger partial charge in [-0.2, -0.15) is 5.10 Å². The third-order valence-corrected chi connectivity index (χ3v) is 3.02. The Hall–Kier alpha value is -1.57. The maximum absolute atomic E-state index is 4.32. The van der Waals surface area contributed by atoms with Crippen LogP contribution in [0.5, 0.6) is 0 Å². The lowest BCUT2D eigenvalue weighted by atomic mass is 10.1. The minimum absolute atomic E-state index is 1.07. The molecule has 2 heteroatoms. The molecule has 0 aliphatic carbocycles. The molecule has 0 saturated carbocycles. The molecule has 0 atom stereocenters. The van der Waals surface area contributed by atoms with E-state index in [0.717, 1.165) is 19.3 Å². The van der Waals surface area contributed by atoms with Crippen molar-refractivity contribution in [2.45, 2.75) is 26.2 Å². The largest absolute Gasteiger partial charge is 0.272 e. The highest BCUT2D eigenvalue weighted by Gasteiger charge is 2.06. The molecule has 0 unspecified atom stereocenters. The van der Waals surface area contributed by atoms with Crippen molar-refractivity contribution >= 4 is 0 Å². The summed E-state index contributed by atoms with van der Waals surface area (Å²) in [7, 11) is 2.03. The molecule has 0 N–H and O–H groups in total. The molecule has 16 heavy (non-hydrogen) atoms. The average molecular weight is 214 g/mol. The maximum atomic E-state index is 4.32. The van der Waals surface area contributed by atoms with Gasteiger partial charge in [-0.15, -0.1) is 0 Å². The van der Waals surface area contributed by atoms with Gasteiger partial charge < -0.3 is 0 Å². The van der Waals surface area contributed by atoms with Crippen molar-refractivity contribution in [3.63, 3.8) is 0 Å². The number of nitrogens with zero attached hydrogens (tertiary/aromatic N) is 2. The van der Waals surface area contributed by atoms with Gasteiger partial charge in [0.15, 0.2) is 0 Å². The predicted molar refractivity (Wildman–Crippen MR) is 66.4 cm³/mol. The first-order chi connectivity index (χ1) is 7.81. The topological polar surface area (TPSA) is 17.8 Å². The summed E-state index contributed by atoms with van der Waals surface area (Å²) in [5, 5.41) is 4.32. The summed E-state index contributed by atoms with van der Waals surface area (Å²) in [6, 6.07) is 10.6. The monoisotopic (exact) mass is 214 g/mol. The molecule has 1 aromatic heterocycles. The highest BCUT2D eigenvalue weighted by Crippen LogP contribution is 2.12. The van der Waals surface area contributed by atoms with Gasteiger partial charge in [-0.25, -0.2) is 0 Å². The van der Waals surface area contributed by atoms with Gasteiger partial charge in [0.25, 0.3) is 0 Å². The van der Waals surface area contributed by atoms with Gasteiger partial charge in [0.2, 0.25) is 0 Å². The van der Waals surface area contributed by atoms with Crippen LogP contribution < -0.4 is 0 Å². The molecular formula is C14H18N2. The lowest BCUT2D eigenvalue weighted by Gasteiger charge is -2.05. The molecule has 1 heterocycles. The van der Waals surface area contributed by atoms with Gasteiger partial charge in [0, 0.05) is 12.7 Å². The van der Waals surface area contributed by atoms with Crippen LogP contribution in [0.3, 0.4) is 0 Å². The standard InChI is InChI=1S/C14H18N2/c1-3-13-11-15-16(2)14(13)10-9-12-7-5-4-6-8-12/h4-8,11H,3,9-10H2,1-2H3. The van der Waals surface area contributed by atoms with Crippen LogP contribution in [0.25, 0.3) is 0 Å². The fourth-order valence-corrected chi connectivity index (χ4v) is 2.03. The summed E-state index contributed by atoms with van der Waals surface area (Å²) in [5.41, 5.74) is 4.13. The molecule has 2 nitrogen and oxygen atoms in total. The van der Waals surface area contributed by atoms with Crippen molar-refractivity contribution < 1.29 is 0 Å². The lowest BCUT2D eigenvalue weighted by molar-refractivity contribution is 0.699. The number of rotatable bonds is 4. The quantitative estimate of drug-likeness (QED) is 0.765. The van der Waals surface area contributed by atoms with Gasteiger partial charge in [-0.1, -0.05) is 37.3 Å². The summed E-state index contributed by atoms with van der Waals surface area (Å²) in [6.45, 7) is 2.18. The smallest absolute Gasteiger partial charge is 0.0524 e. The second kappa shape index (κ2) is 4.97. The van der Waals surface area contributed by atoms with Crippen molar-refractivity contribution in [3.05, 3.63) is 53.3 Å². The average Bonchev–Trinajstić information content (AvgIpc) is 2.69. The van der Waals surface area contributed by atoms with Crippen LogP contribution in [-0.2, 0) is 26.3 Å². The molecule has 0 radical (unpaired) electrons. The maximum Gasteiger partial charge on any atom is 0.0524 e. The predicted octanol–water partition coefficient (Wildman–Crippen LogP) is 2.77. The van der Waals surface area contributed by atoms with E-state index in [0.29, 0.717) is 0 Å². The van der Waals surface area contributed by atoms with Gasteiger partial charge in [0.05, 0.1) is 6.20 Å². The van der Waals surface area contributed by atoms with Crippen molar-refractivity contribution in [2.75, 3.05) is 0 Å². The van der Waals surface area contributed by atoms with E-state index in [-0.39, 0.29) is 0 Å². The van der Waals surface area contributed by atoms with Crippen LogP contribution in [0.1, 0.15) is 23.7 Å². The Morgan fingerprint density at radius 1 is 1.12 bits per heavy atom. The van der Waals surface area contributed by atoms with Gasteiger partial charge >= 0.3 is 0 Å². The van der Waals surface area contributed by atoms with E-state index in [1.54, 1.807) is 0 Å². The fraction of sp³-hybridized carbons (Fsp3) is 0.357.